The minimum Gasteiger partial charge on any atom is -0.481 e. The Balaban J connectivity index is 2.12. The monoisotopic (exact) mass is 304 g/mol. The summed E-state index contributed by atoms with van der Waals surface area (Å²) >= 11 is 1.48. The number of carboxylic acids is 1. The molecule has 0 bridgehead atoms. The zero-order valence-electron chi connectivity index (χ0n) is 12.0. The fraction of sp³-hybridized carbons (Fsp3) is 0.267. The summed E-state index contributed by atoms with van der Waals surface area (Å²) in [5.74, 6) is -1.70. The van der Waals surface area contributed by atoms with Crippen molar-refractivity contribution in [2.45, 2.75) is 26.7 Å². The molecule has 2 N–H and O–H groups in total. The zero-order valence-corrected chi connectivity index (χ0v) is 12.8. The van der Waals surface area contributed by atoms with E-state index in [2.05, 4.69) is 10.3 Å². The van der Waals surface area contributed by atoms with Gasteiger partial charge < -0.3 is 10.4 Å². The number of amides is 1. The van der Waals surface area contributed by atoms with Crippen molar-refractivity contribution >= 4 is 28.9 Å². The number of hydrogen-bond donors (Lipinski definition) is 2. The van der Waals surface area contributed by atoms with Crippen molar-refractivity contribution in [2.24, 2.45) is 0 Å². The van der Waals surface area contributed by atoms with Crippen molar-refractivity contribution in [2.75, 3.05) is 5.32 Å². The fourth-order valence-corrected chi connectivity index (χ4v) is 2.74. The number of anilines is 1. The van der Waals surface area contributed by atoms with Crippen molar-refractivity contribution in [1.29, 1.82) is 0 Å². The summed E-state index contributed by atoms with van der Waals surface area (Å²) in [5, 5.41) is 12.6. The molecule has 21 heavy (non-hydrogen) atoms. The summed E-state index contributed by atoms with van der Waals surface area (Å²) in [6, 6.07) is 6.80. The van der Waals surface area contributed by atoms with Crippen LogP contribution in [-0.2, 0) is 4.79 Å². The highest BCUT2D eigenvalue weighted by atomic mass is 32.1. The minimum absolute atomic E-state index is 0.254. The third-order valence-corrected chi connectivity index (χ3v) is 4.04. The van der Waals surface area contributed by atoms with E-state index in [0.717, 1.165) is 9.88 Å². The first-order valence-corrected chi connectivity index (χ1v) is 7.28. The van der Waals surface area contributed by atoms with Gasteiger partial charge in [-0.2, -0.15) is 0 Å². The molecule has 1 unspecified atom stereocenters. The van der Waals surface area contributed by atoms with Crippen molar-refractivity contribution < 1.29 is 14.7 Å². The van der Waals surface area contributed by atoms with E-state index in [1.54, 1.807) is 31.2 Å². The lowest BCUT2D eigenvalue weighted by molar-refractivity contribution is -0.138. The Kier molecular flexibility index (Phi) is 4.37. The topological polar surface area (TPSA) is 79.3 Å². The van der Waals surface area contributed by atoms with E-state index in [0.29, 0.717) is 16.9 Å². The van der Waals surface area contributed by atoms with Crippen LogP contribution >= 0.6 is 11.3 Å². The van der Waals surface area contributed by atoms with E-state index >= 15 is 0 Å². The van der Waals surface area contributed by atoms with E-state index in [-0.39, 0.29) is 5.91 Å². The van der Waals surface area contributed by atoms with Gasteiger partial charge in [-0.05, 0) is 38.5 Å². The van der Waals surface area contributed by atoms with E-state index in [1.807, 2.05) is 13.8 Å². The number of benzene rings is 1. The van der Waals surface area contributed by atoms with Crippen LogP contribution in [0.1, 0.15) is 38.8 Å². The maximum Gasteiger partial charge on any atom is 0.310 e. The highest BCUT2D eigenvalue weighted by Crippen LogP contribution is 2.20. The maximum absolute atomic E-state index is 12.1. The fourth-order valence-electron chi connectivity index (χ4n) is 1.93. The van der Waals surface area contributed by atoms with Crippen LogP contribution in [0.3, 0.4) is 0 Å². The lowest BCUT2D eigenvalue weighted by atomic mass is 10.0. The Morgan fingerprint density at radius 3 is 2.33 bits per heavy atom. The number of aryl methyl sites for hydroxylation is 2. The van der Waals surface area contributed by atoms with Gasteiger partial charge in [-0.3, -0.25) is 9.59 Å². The van der Waals surface area contributed by atoms with Crippen molar-refractivity contribution in [3.05, 3.63) is 45.4 Å². The molecule has 0 aliphatic carbocycles. The molecule has 0 radical (unpaired) electrons. The predicted molar refractivity (Wildman–Crippen MR) is 82.0 cm³/mol. The summed E-state index contributed by atoms with van der Waals surface area (Å²) in [6.07, 6.45) is 0. The lowest BCUT2D eigenvalue weighted by Gasteiger charge is -2.08. The normalized spacial score (nSPS) is 12.0. The first-order chi connectivity index (χ1) is 9.88. The van der Waals surface area contributed by atoms with E-state index < -0.39 is 11.9 Å². The first kappa shape index (κ1) is 15.2. The van der Waals surface area contributed by atoms with Gasteiger partial charge in [-0.15, -0.1) is 11.3 Å². The summed E-state index contributed by atoms with van der Waals surface area (Å²) in [4.78, 5) is 28.1. The quantitative estimate of drug-likeness (QED) is 0.909. The van der Waals surface area contributed by atoms with Crippen LogP contribution in [0.15, 0.2) is 24.3 Å². The molecule has 2 aromatic rings. The molecule has 0 saturated heterocycles. The van der Waals surface area contributed by atoms with E-state index in [4.69, 9.17) is 5.11 Å². The number of nitrogens with zero attached hydrogens (tertiary/aromatic N) is 1. The maximum atomic E-state index is 12.1. The average Bonchev–Trinajstić information content (AvgIpc) is 2.77. The van der Waals surface area contributed by atoms with Gasteiger partial charge in [-0.1, -0.05) is 12.1 Å². The molecular formula is C15H16N2O3S. The molecular weight excluding hydrogens is 288 g/mol. The molecule has 0 spiro atoms. The molecule has 6 heteroatoms. The van der Waals surface area contributed by atoms with Crippen LogP contribution in [0.2, 0.25) is 0 Å². The Labute approximate surface area is 126 Å². The molecule has 1 atom stereocenters. The van der Waals surface area contributed by atoms with Gasteiger partial charge in [-0.25, -0.2) is 4.98 Å². The lowest BCUT2D eigenvalue weighted by Crippen LogP contribution is -2.14. The summed E-state index contributed by atoms with van der Waals surface area (Å²) in [5.41, 5.74) is 1.74. The third-order valence-electron chi connectivity index (χ3n) is 3.16. The Morgan fingerprint density at radius 2 is 1.86 bits per heavy atom. The molecule has 1 aromatic heterocycles. The second-order valence-corrected chi connectivity index (χ2v) is 6.18. The second-order valence-electron chi connectivity index (χ2n) is 4.77. The Bertz CT molecular complexity index is 677. The van der Waals surface area contributed by atoms with Crippen molar-refractivity contribution in [3.8, 4) is 0 Å². The number of carboxylic acid groups (broad SMARTS) is 1. The van der Waals surface area contributed by atoms with Gasteiger partial charge >= 0.3 is 5.97 Å². The van der Waals surface area contributed by atoms with E-state index in [1.165, 1.54) is 11.3 Å². The molecule has 1 heterocycles. The van der Waals surface area contributed by atoms with E-state index in [9.17, 15) is 9.59 Å². The van der Waals surface area contributed by atoms with Gasteiger partial charge in [0.2, 0.25) is 0 Å². The molecule has 1 aromatic carbocycles. The zero-order chi connectivity index (χ0) is 15.6. The first-order valence-electron chi connectivity index (χ1n) is 6.46. The number of hydrogen-bond acceptors (Lipinski definition) is 4. The van der Waals surface area contributed by atoms with Crippen LogP contribution in [0.4, 0.5) is 5.69 Å². The molecule has 1 amide bonds. The number of nitrogens with one attached hydrogen (secondary N) is 1. The summed E-state index contributed by atoms with van der Waals surface area (Å²) < 4.78 is 0. The van der Waals surface area contributed by atoms with Gasteiger partial charge in [0, 0.05) is 10.6 Å². The van der Waals surface area contributed by atoms with Crippen molar-refractivity contribution in [3.63, 3.8) is 0 Å². The van der Waals surface area contributed by atoms with Crippen LogP contribution in [0.25, 0.3) is 0 Å². The van der Waals surface area contributed by atoms with Crippen LogP contribution in [0, 0.1) is 13.8 Å². The van der Waals surface area contributed by atoms with Crippen LogP contribution in [0.5, 0.6) is 0 Å². The number of rotatable bonds is 4. The highest BCUT2D eigenvalue weighted by molar-refractivity contribution is 7.11. The largest absolute Gasteiger partial charge is 0.481 e. The summed E-state index contributed by atoms with van der Waals surface area (Å²) in [6.45, 7) is 5.34. The van der Waals surface area contributed by atoms with Crippen molar-refractivity contribution in [1.82, 2.24) is 4.98 Å². The number of thiazole rings is 1. The number of carbonyl (C=O) groups is 2. The second kappa shape index (κ2) is 6.05. The van der Waals surface area contributed by atoms with Crippen LogP contribution < -0.4 is 5.32 Å². The third kappa shape index (κ3) is 3.46. The van der Waals surface area contributed by atoms with Gasteiger partial charge in [0.05, 0.1) is 10.9 Å². The van der Waals surface area contributed by atoms with Gasteiger partial charge in [0.25, 0.3) is 5.91 Å². The highest BCUT2D eigenvalue weighted by Gasteiger charge is 2.15. The standard InChI is InChI=1S/C15H16N2O3S/c1-8(15(19)20)11-4-6-12(7-5-11)17-14(18)13-9(2)21-10(3)16-13/h4-8H,1-3H3,(H,17,18)(H,19,20). The SMILES string of the molecule is Cc1nc(C(=O)Nc2ccc(C(C)C(=O)O)cc2)c(C)s1. The molecule has 2 rings (SSSR count). The van der Waals surface area contributed by atoms with Gasteiger partial charge in [0.15, 0.2) is 0 Å². The average molecular weight is 304 g/mol. The summed E-state index contributed by atoms with van der Waals surface area (Å²) in [7, 11) is 0. The smallest absolute Gasteiger partial charge is 0.310 e. The Hall–Kier alpha value is -2.21. The molecule has 0 aliphatic heterocycles. The molecule has 110 valence electrons. The number of aliphatic carboxylic acids is 1. The predicted octanol–water partition coefficient (Wildman–Crippen LogP) is 3.20. The number of aromatic nitrogens is 1. The molecule has 0 saturated carbocycles. The molecule has 5 nitrogen and oxygen atoms in total. The minimum atomic E-state index is -0.875. The Morgan fingerprint density at radius 1 is 1.24 bits per heavy atom. The molecule has 0 aliphatic rings. The number of carbonyl (C=O) groups excluding carboxylic acids is 1. The van der Waals surface area contributed by atoms with Crippen LogP contribution in [-0.4, -0.2) is 22.0 Å². The van der Waals surface area contributed by atoms with Gasteiger partial charge in [0.1, 0.15) is 5.69 Å². The molecule has 0 fully saturated rings.